The molecular formula is C14H14BrF2NS. The highest BCUT2D eigenvalue weighted by Gasteiger charge is 2.21. The second-order valence-corrected chi connectivity index (χ2v) is 5.98. The van der Waals surface area contributed by atoms with Gasteiger partial charge in [-0.2, -0.15) is 0 Å². The molecule has 0 spiro atoms. The minimum atomic E-state index is -0.453. The Labute approximate surface area is 123 Å². The maximum atomic E-state index is 14.1. The van der Waals surface area contributed by atoms with Crippen molar-refractivity contribution in [3.05, 3.63) is 55.7 Å². The van der Waals surface area contributed by atoms with Crippen LogP contribution in [0.4, 0.5) is 8.78 Å². The highest BCUT2D eigenvalue weighted by atomic mass is 79.9. The van der Waals surface area contributed by atoms with Crippen molar-refractivity contribution in [3.63, 3.8) is 0 Å². The summed E-state index contributed by atoms with van der Waals surface area (Å²) in [5.74, 6) is -0.866. The molecule has 0 aliphatic heterocycles. The zero-order chi connectivity index (χ0) is 14.0. The highest BCUT2D eigenvalue weighted by Crippen LogP contribution is 2.33. The molecule has 102 valence electrons. The van der Waals surface area contributed by atoms with E-state index < -0.39 is 11.6 Å². The van der Waals surface area contributed by atoms with Gasteiger partial charge in [0.25, 0.3) is 0 Å². The average Bonchev–Trinajstić information content (AvgIpc) is 2.84. The first-order chi connectivity index (χ1) is 9.08. The molecule has 0 saturated carbocycles. The summed E-state index contributed by atoms with van der Waals surface area (Å²) in [5, 5.41) is 5.05. The van der Waals surface area contributed by atoms with Gasteiger partial charge in [-0.3, -0.25) is 0 Å². The van der Waals surface area contributed by atoms with Crippen LogP contribution in [0.5, 0.6) is 0 Å². The zero-order valence-corrected chi connectivity index (χ0v) is 13.0. The van der Waals surface area contributed by atoms with E-state index in [-0.39, 0.29) is 10.5 Å². The van der Waals surface area contributed by atoms with Gasteiger partial charge < -0.3 is 5.32 Å². The summed E-state index contributed by atoms with van der Waals surface area (Å²) < 4.78 is 27.8. The summed E-state index contributed by atoms with van der Waals surface area (Å²) in [7, 11) is 1.75. The van der Waals surface area contributed by atoms with Gasteiger partial charge in [0.05, 0.1) is 10.5 Å². The Morgan fingerprint density at radius 1 is 1.32 bits per heavy atom. The smallest absolute Gasteiger partial charge is 0.137 e. The molecule has 2 aromatic rings. The minimum Gasteiger partial charge on any atom is -0.309 e. The third-order valence-electron chi connectivity index (χ3n) is 3.06. The first kappa shape index (κ1) is 14.6. The molecule has 0 saturated heterocycles. The average molecular weight is 346 g/mol. The van der Waals surface area contributed by atoms with Gasteiger partial charge in [-0.15, -0.1) is 11.3 Å². The first-order valence-electron chi connectivity index (χ1n) is 5.96. The van der Waals surface area contributed by atoms with Crippen LogP contribution < -0.4 is 5.32 Å². The SMILES string of the molecule is CCc1ccsc1C(NC)c1cc(F)c(Br)cc1F. The van der Waals surface area contributed by atoms with Crippen molar-refractivity contribution >= 4 is 27.3 Å². The van der Waals surface area contributed by atoms with E-state index in [1.165, 1.54) is 12.1 Å². The lowest BCUT2D eigenvalue weighted by molar-refractivity contribution is 0.556. The zero-order valence-electron chi connectivity index (χ0n) is 10.6. The third-order valence-corrected chi connectivity index (χ3v) is 4.69. The lowest BCUT2D eigenvalue weighted by Crippen LogP contribution is -2.19. The molecule has 1 aromatic carbocycles. The summed E-state index contributed by atoms with van der Waals surface area (Å²) in [6.45, 7) is 2.05. The van der Waals surface area contributed by atoms with Crippen molar-refractivity contribution in [2.24, 2.45) is 0 Å². The van der Waals surface area contributed by atoms with Crippen molar-refractivity contribution < 1.29 is 8.78 Å². The fraction of sp³-hybridized carbons (Fsp3) is 0.286. The maximum Gasteiger partial charge on any atom is 0.137 e. The van der Waals surface area contributed by atoms with E-state index in [1.807, 2.05) is 11.4 Å². The molecule has 0 bridgehead atoms. The van der Waals surface area contributed by atoms with Crippen LogP contribution in [0.25, 0.3) is 0 Å². The summed E-state index contributed by atoms with van der Waals surface area (Å²) >= 11 is 4.55. The predicted molar refractivity (Wildman–Crippen MR) is 78.7 cm³/mol. The molecule has 1 atom stereocenters. The van der Waals surface area contributed by atoms with Gasteiger partial charge in [0, 0.05) is 10.4 Å². The van der Waals surface area contributed by atoms with Crippen LogP contribution in [0.2, 0.25) is 0 Å². The van der Waals surface area contributed by atoms with Gasteiger partial charge in [0.15, 0.2) is 0 Å². The van der Waals surface area contributed by atoms with E-state index in [0.717, 1.165) is 16.9 Å². The number of thiophene rings is 1. The summed E-state index contributed by atoms with van der Waals surface area (Å²) in [6.07, 6.45) is 0.873. The van der Waals surface area contributed by atoms with Crippen molar-refractivity contribution in [1.82, 2.24) is 5.32 Å². The molecule has 0 aliphatic carbocycles. The molecule has 1 unspecified atom stereocenters. The first-order valence-corrected chi connectivity index (χ1v) is 7.63. The van der Waals surface area contributed by atoms with Crippen LogP contribution in [0.3, 0.4) is 0 Å². The van der Waals surface area contributed by atoms with E-state index in [1.54, 1.807) is 18.4 Å². The Morgan fingerprint density at radius 3 is 2.68 bits per heavy atom. The Kier molecular flexibility index (Phi) is 4.71. The second-order valence-electron chi connectivity index (χ2n) is 4.17. The Balaban J connectivity index is 2.51. The molecule has 0 amide bonds. The van der Waals surface area contributed by atoms with Gasteiger partial charge in [-0.1, -0.05) is 6.92 Å². The van der Waals surface area contributed by atoms with Crippen molar-refractivity contribution in [2.75, 3.05) is 7.05 Å². The lowest BCUT2D eigenvalue weighted by Gasteiger charge is -2.18. The number of hydrogen-bond donors (Lipinski definition) is 1. The van der Waals surface area contributed by atoms with Crippen LogP contribution in [0.1, 0.15) is 29.0 Å². The summed E-state index contributed by atoms with van der Waals surface area (Å²) in [4.78, 5) is 1.03. The molecule has 1 nitrogen and oxygen atoms in total. The van der Waals surface area contributed by atoms with Crippen molar-refractivity contribution in [3.8, 4) is 0 Å². The van der Waals surface area contributed by atoms with Crippen LogP contribution in [0, 0.1) is 11.6 Å². The van der Waals surface area contributed by atoms with Crippen LogP contribution >= 0.6 is 27.3 Å². The van der Waals surface area contributed by atoms with Gasteiger partial charge >= 0.3 is 0 Å². The number of nitrogens with one attached hydrogen (secondary N) is 1. The molecule has 1 N–H and O–H groups in total. The largest absolute Gasteiger partial charge is 0.309 e. The molecular weight excluding hydrogens is 332 g/mol. The fourth-order valence-corrected chi connectivity index (χ4v) is 3.52. The van der Waals surface area contributed by atoms with E-state index >= 15 is 0 Å². The van der Waals surface area contributed by atoms with Crippen molar-refractivity contribution in [1.29, 1.82) is 0 Å². The van der Waals surface area contributed by atoms with E-state index in [9.17, 15) is 8.78 Å². The summed E-state index contributed by atoms with van der Waals surface area (Å²) in [6, 6.07) is 4.13. The highest BCUT2D eigenvalue weighted by molar-refractivity contribution is 9.10. The third kappa shape index (κ3) is 2.88. The predicted octanol–water partition coefficient (Wildman–Crippen LogP) is 4.66. The fourth-order valence-electron chi connectivity index (χ4n) is 2.08. The number of halogens is 3. The molecule has 0 fully saturated rings. The Hall–Kier alpha value is -0.780. The second kappa shape index (κ2) is 6.11. The lowest BCUT2D eigenvalue weighted by atomic mass is 10.0. The topological polar surface area (TPSA) is 12.0 Å². The number of benzene rings is 1. The van der Waals surface area contributed by atoms with Gasteiger partial charge in [0.2, 0.25) is 0 Å². The summed E-state index contributed by atoms with van der Waals surface area (Å²) in [5.41, 5.74) is 1.49. The molecule has 0 radical (unpaired) electrons. The van der Waals surface area contributed by atoms with Gasteiger partial charge in [0.1, 0.15) is 11.6 Å². The quantitative estimate of drug-likeness (QED) is 0.794. The monoisotopic (exact) mass is 345 g/mol. The molecule has 1 aromatic heterocycles. The van der Waals surface area contributed by atoms with E-state index in [0.29, 0.717) is 5.56 Å². The number of rotatable bonds is 4. The van der Waals surface area contributed by atoms with Crippen LogP contribution in [-0.4, -0.2) is 7.05 Å². The molecule has 0 aliphatic rings. The molecule has 1 heterocycles. The van der Waals surface area contributed by atoms with E-state index in [4.69, 9.17) is 0 Å². The molecule has 2 rings (SSSR count). The minimum absolute atomic E-state index is 0.144. The van der Waals surface area contributed by atoms with Gasteiger partial charge in [-0.25, -0.2) is 8.78 Å². The van der Waals surface area contributed by atoms with E-state index in [2.05, 4.69) is 28.2 Å². The van der Waals surface area contributed by atoms with Gasteiger partial charge in [-0.05, 0) is 58.5 Å². The van der Waals surface area contributed by atoms with Crippen molar-refractivity contribution in [2.45, 2.75) is 19.4 Å². The van der Waals surface area contributed by atoms with Crippen LogP contribution in [-0.2, 0) is 6.42 Å². The Morgan fingerprint density at radius 2 is 2.05 bits per heavy atom. The molecule has 5 heteroatoms. The van der Waals surface area contributed by atoms with Crippen LogP contribution in [0.15, 0.2) is 28.1 Å². The number of hydrogen-bond acceptors (Lipinski definition) is 2. The normalized spacial score (nSPS) is 12.7. The Bertz CT molecular complexity index is 583. The standard InChI is InChI=1S/C14H14BrF2NS/c1-3-8-4-5-19-14(8)13(18-2)9-6-12(17)10(15)7-11(9)16/h4-7,13,18H,3H2,1-2H3. The number of aryl methyl sites for hydroxylation is 1. The maximum absolute atomic E-state index is 14.1. The molecule has 19 heavy (non-hydrogen) atoms.